The van der Waals surface area contributed by atoms with Crippen molar-refractivity contribution in [1.82, 2.24) is 5.32 Å². The molecule has 0 amide bonds. The van der Waals surface area contributed by atoms with Crippen molar-refractivity contribution in [1.29, 1.82) is 5.26 Å². The van der Waals surface area contributed by atoms with E-state index in [1.54, 1.807) is 6.07 Å². The third-order valence-corrected chi connectivity index (χ3v) is 3.90. The lowest BCUT2D eigenvalue weighted by molar-refractivity contribution is 0.191. The van der Waals surface area contributed by atoms with Crippen LogP contribution in [0.5, 0.6) is 0 Å². The summed E-state index contributed by atoms with van der Waals surface area (Å²) in [6, 6.07) is 16.9. The molecule has 114 valence electrons. The summed E-state index contributed by atoms with van der Waals surface area (Å²) >= 11 is 11.6. The van der Waals surface area contributed by atoms with E-state index in [9.17, 15) is 5.11 Å². The average Bonchev–Trinajstić information content (AvgIpc) is 2.56. The Kier molecular flexibility index (Phi) is 6.23. The van der Waals surface area contributed by atoms with Gasteiger partial charge < -0.3 is 10.4 Å². The lowest BCUT2D eigenvalue weighted by Gasteiger charge is -2.21. The second kappa shape index (κ2) is 8.17. The second-order valence-electron chi connectivity index (χ2n) is 4.94. The minimum atomic E-state index is -0.629. The molecule has 5 heteroatoms. The minimum absolute atomic E-state index is 0.150. The molecular weight excluding hydrogens is 319 g/mol. The van der Waals surface area contributed by atoms with Crippen molar-refractivity contribution in [3.63, 3.8) is 0 Å². The van der Waals surface area contributed by atoms with E-state index in [-0.39, 0.29) is 11.9 Å². The fraction of sp³-hybridized carbons (Fsp3) is 0.235. The number of halogens is 2. The van der Waals surface area contributed by atoms with Gasteiger partial charge in [-0.05, 0) is 35.4 Å². The van der Waals surface area contributed by atoms with Crippen molar-refractivity contribution in [3.05, 3.63) is 70.2 Å². The number of nitrogens with zero attached hydrogens (tertiary/aromatic N) is 1. The zero-order valence-electron chi connectivity index (χ0n) is 11.8. The lowest BCUT2D eigenvalue weighted by Crippen LogP contribution is -2.32. The largest absolute Gasteiger partial charge is 0.391 e. The molecule has 0 aromatic heterocycles. The van der Waals surface area contributed by atoms with Gasteiger partial charge in [-0.2, -0.15) is 5.26 Å². The Bertz CT molecular complexity index is 652. The Balaban J connectivity index is 2.31. The van der Waals surface area contributed by atoms with Crippen molar-refractivity contribution < 1.29 is 5.11 Å². The zero-order valence-corrected chi connectivity index (χ0v) is 13.3. The molecule has 0 aliphatic heterocycles. The van der Waals surface area contributed by atoms with Crippen molar-refractivity contribution in [2.45, 2.75) is 12.1 Å². The van der Waals surface area contributed by atoms with Crippen LogP contribution in [0, 0.1) is 11.3 Å². The summed E-state index contributed by atoms with van der Waals surface area (Å²) in [6.45, 7) is 0.355. The van der Waals surface area contributed by atoms with Crippen LogP contribution in [0.15, 0.2) is 48.5 Å². The molecule has 22 heavy (non-hydrogen) atoms. The summed E-state index contributed by atoms with van der Waals surface area (Å²) in [5.41, 5.74) is 2.54. The summed E-state index contributed by atoms with van der Waals surface area (Å²) in [7, 11) is 0. The molecule has 0 saturated heterocycles. The zero-order chi connectivity index (χ0) is 15.9. The standard InChI is InChI=1S/C17H16Cl2N2O/c18-9-16(22)11-21-17(13-4-6-15(19)7-5-13)14-3-1-2-12(8-14)10-20/h1-8,16-17,21-22H,9,11H2/t16-,17?/m1/s1. The molecular formula is C17H16Cl2N2O. The number of hydrogen-bond acceptors (Lipinski definition) is 3. The molecule has 0 bridgehead atoms. The summed E-state index contributed by atoms with van der Waals surface area (Å²) in [4.78, 5) is 0. The predicted molar refractivity (Wildman–Crippen MR) is 89.2 cm³/mol. The molecule has 0 saturated carbocycles. The van der Waals surface area contributed by atoms with Gasteiger partial charge in [0.2, 0.25) is 0 Å². The Morgan fingerprint density at radius 1 is 1.14 bits per heavy atom. The Hall–Kier alpha value is -1.57. The van der Waals surface area contributed by atoms with Gasteiger partial charge in [0.05, 0.1) is 23.8 Å². The van der Waals surface area contributed by atoms with Gasteiger partial charge in [-0.1, -0.05) is 35.9 Å². The van der Waals surface area contributed by atoms with E-state index in [0.29, 0.717) is 17.1 Å². The van der Waals surface area contributed by atoms with Gasteiger partial charge in [0.15, 0.2) is 0 Å². The number of hydrogen-bond donors (Lipinski definition) is 2. The first-order chi connectivity index (χ1) is 10.6. The normalized spacial score (nSPS) is 13.4. The number of benzene rings is 2. The number of nitriles is 1. The van der Waals surface area contributed by atoms with E-state index in [0.717, 1.165) is 11.1 Å². The van der Waals surface area contributed by atoms with Gasteiger partial charge in [0.25, 0.3) is 0 Å². The predicted octanol–water partition coefficient (Wildman–Crippen LogP) is 3.49. The Morgan fingerprint density at radius 2 is 1.86 bits per heavy atom. The molecule has 2 aromatic carbocycles. The third-order valence-electron chi connectivity index (χ3n) is 3.29. The van der Waals surface area contributed by atoms with Crippen LogP contribution in [0.4, 0.5) is 0 Å². The molecule has 0 aliphatic rings. The van der Waals surface area contributed by atoms with E-state index < -0.39 is 6.10 Å². The number of nitrogens with one attached hydrogen (secondary N) is 1. The smallest absolute Gasteiger partial charge is 0.0991 e. The van der Waals surface area contributed by atoms with Crippen molar-refractivity contribution >= 4 is 23.2 Å². The molecule has 0 aliphatic carbocycles. The molecule has 0 spiro atoms. The number of aliphatic hydroxyl groups excluding tert-OH is 1. The number of alkyl halides is 1. The van der Waals surface area contributed by atoms with Crippen LogP contribution in [-0.2, 0) is 0 Å². The first-order valence-corrected chi connectivity index (χ1v) is 7.78. The molecule has 3 nitrogen and oxygen atoms in total. The highest BCUT2D eigenvalue weighted by Crippen LogP contribution is 2.24. The van der Waals surface area contributed by atoms with Crippen LogP contribution in [0.25, 0.3) is 0 Å². The number of rotatable bonds is 6. The monoisotopic (exact) mass is 334 g/mol. The van der Waals surface area contributed by atoms with Gasteiger partial charge in [-0.25, -0.2) is 0 Å². The van der Waals surface area contributed by atoms with Gasteiger partial charge in [0, 0.05) is 17.4 Å². The molecule has 1 unspecified atom stereocenters. The maximum absolute atomic E-state index is 9.68. The van der Waals surface area contributed by atoms with Gasteiger partial charge in [-0.15, -0.1) is 11.6 Å². The van der Waals surface area contributed by atoms with Crippen LogP contribution < -0.4 is 5.32 Å². The molecule has 2 N–H and O–H groups in total. The van der Waals surface area contributed by atoms with Crippen molar-refractivity contribution in [2.75, 3.05) is 12.4 Å². The highest BCUT2D eigenvalue weighted by atomic mass is 35.5. The van der Waals surface area contributed by atoms with Crippen LogP contribution >= 0.6 is 23.2 Å². The summed E-state index contributed by atoms with van der Waals surface area (Å²) in [5.74, 6) is 0.165. The summed E-state index contributed by atoms with van der Waals surface area (Å²) in [6.07, 6.45) is -0.629. The molecule has 0 fully saturated rings. The van der Waals surface area contributed by atoms with E-state index >= 15 is 0 Å². The lowest BCUT2D eigenvalue weighted by atomic mass is 9.97. The minimum Gasteiger partial charge on any atom is -0.391 e. The first-order valence-electron chi connectivity index (χ1n) is 6.87. The van der Waals surface area contributed by atoms with E-state index in [1.807, 2.05) is 42.5 Å². The van der Waals surface area contributed by atoms with Crippen LogP contribution in [-0.4, -0.2) is 23.6 Å². The van der Waals surface area contributed by atoms with Crippen LogP contribution in [0.1, 0.15) is 22.7 Å². The highest BCUT2D eigenvalue weighted by Gasteiger charge is 2.15. The van der Waals surface area contributed by atoms with Crippen molar-refractivity contribution in [3.8, 4) is 6.07 Å². The fourth-order valence-electron chi connectivity index (χ4n) is 2.18. The average molecular weight is 335 g/mol. The maximum Gasteiger partial charge on any atom is 0.0991 e. The van der Waals surface area contributed by atoms with Gasteiger partial charge in [-0.3, -0.25) is 0 Å². The summed E-state index contributed by atoms with van der Waals surface area (Å²) < 4.78 is 0. The SMILES string of the molecule is N#Cc1cccc(C(NC[C@H](O)CCl)c2ccc(Cl)cc2)c1. The van der Waals surface area contributed by atoms with Crippen LogP contribution in [0.3, 0.4) is 0 Å². The molecule has 2 atom stereocenters. The van der Waals surface area contributed by atoms with Crippen molar-refractivity contribution in [2.24, 2.45) is 0 Å². The Morgan fingerprint density at radius 3 is 2.50 bits per heavy atom. The molecule has 0 radical (unpaired) electrons. The van der Waals surface area contributed by atoms with E-state index in [2.05, 4.69) is 11.4 Å². The maximum atomic E-state index is 9.68. The molecule has 2 aromatic rings. The Labute approximate surface area is 140 Å². The van der Waals surface area contributed by atoms with E-state index in [1.165, 1.54) is 0 Å². The quantitative estimate of drug-likeness (QED) is 0.795. The topological polar surface area (TPSA) is 56.0 Å². The van der Waals surface area contributed by atoms with Gasteiger partial charge in [0.1, 0.15) is 0 Å². The molecule has 0 heterocycles. The molecule has 2 rings (SSSR count). The first kappa shape index (κ1) is 16.8. The van der Waals surface area contributed by atoms with Gasteiger partial charge >= 0.3 is 0 Å². The van der Waals surface area contributed by atoms with Crippen LogP contribution in [0.2, 0.25) is 5.02 Å². The second-order valence-corrected chi connectivity index (χ2v) is 5.68. The number of aliphatic hydroxyl groups is 1. The third kappa shape index (κ3) is 4.46. The van der Waals surface area contributed by atoms with E-state index in [4.69, 9.17) is 28.5 Å². The highest BCUT2D eigenvalue weighted by molar-refractivity contribution is 6.30. The summed E-state index contributed by atoms with van der Waals surface area (Å²) in [5, 5.41) is 22.7. The fourth-order valence-corrected chi connectivity index (χ4v) is 2.41.